The summed E-state index contributed by atoms with van der Waals surface area (Å²) in [6, 6.07) is -0.343. The van der Waals surface area contributed by atoms with Gasteiger partial charge in [0.05, 0.1) is 6.61 Å². The summed E-state index contributed by atoms with van der Waals surface area (Å²) >= 11 is 0. The molecule has 4 bridgehead atoms. The zero-order valence-corrected chi connectivity index (χ0v) is 15.2. The molecule has 6 heteroatoms. The van der Waals surface area contributed by atoms with E-state index in [9.17, 15) is 14.0 Å². The number of esters is 1. The Morgan fingerprint density at radius 3 is 2.20 bits per heavy atom. The Morgan fingerprint density at radius 2 is 1.72 bits per heavy atom. The van der Waals surface area contributed by atoms with E-state index in [4.69, 9.17) is 5.73 Å². The predicted octanol–water partition coefficient (Wildman–Crippen LogP) is 3.41. The molecular weight excluding hydrogens is 323 g/mol. The average Bonchev–Trinajstić information content (AvgIpc) is 2.52. The normalized spacial score (nSPS) is 33.9. The van der Waals surface area contributed by atoms with E-state index in [0.717, 1.165) is 37.0 Å². The van der Waals surface area contributed by atoms with E-state index in [1.165, 1.54) is 19.3 Å². The topological polar surface area (TPSA) is 72.6 Å². The zero-order chi connectivity index (χ0) is 18.0. The third kappa shape index (κ3) is 3.93. The second kappa shape index (κ2) is 7.50. The number of ether oxygens (including phenoxy) is 1. The second-order valence-electron chi connectivity index (χ2n) is 8.35. The Bertz CT molecular complexity index is 476. The molecule has 2 N–H and O–H groups in total. The number of primary amides is 1. The van der Waals surface area contributed by atoms with Gasteiger partial charge in [0, 0.05) is 12.1 Å². The molecule has 0 aromatic carbocycles. The number of hydrogen-bond acceptors (Lipinski definition) is 3. The maximum atomic E-state index is 13.7. The van der Waals surface area contributed by atoms with Gasteiger partial charge in [-0.2, -0.15) is 0 Å². The van der Waals surface area contributed by atoms with Crippen molar-refractivity contribution in [3.05, 3.63) is 0 Å². The summed E-state index contributed by atoms with van der Waals surface area (Å²) in [5.41, 5.74) is 5.67. The molecule has 0 heterocycles. The molecule has 25 heavy (non-hydrogen) atoms. The highest BCUT2D eigenvalue weighted by Gasteiger charge is 2.54. The minimum Gasteiger partial charge on any atom is -0.464 e. The van der Waals surface area contributed by atoms with Crippen molar-refractivity contribution in [3.8, 4) is 0 Å². The molecule has 1 atom stereocenters. The van der Waals surface area contributed by atoms with Crippen molar-refractivity contribution in [1.82, 2.24) is 4.90 Å². The Hall–Kier alpha value is -1.33. The van der Waals surface area contributed by atoms with Crippen molar-refractivity contribution < 1.29 is 18.7 Å². The van der Waals surface area contributed by atoms with E-state index in [-0.39, 0.29) is 24.6 Å². The highest BCUT2D eigenvalue weighted by molar-refractivity contribution is 5.74. The smallest absolute Gasteiger partial charge is 0.340 e. The molecular formula is C19H31FN2O3. The van der Waals surface area contributed by atoms with Crippen LogP contribution in [0.25, 0.3) is 0 Å². The van der Waals surface area contributed by atoms with Crippen molar-refractivity contribution in [2.75, 3.05) is 13.2 Å². The summed E-state index contributed by atoms with van der Waals surface area (Å²) in [6.45, 7) is 2.43. The molecule has 5 nitrogen and oxygen atoms in total. The Balaban J connectivity index is 1.52. The summed E-state index contributed by atoms with van der Waals surface area (Å²) in [5.74, 6) is 1.45. The largest absolute Gasteiger partial charge is 0.464 e. The number of halogens is 1. The third-order valence-corrected chi connectivity index (χ3v) is 6.48. The molecule has 0 saturated heterocycles. The van der Waals surface area contributed by atoms with Gasteiger partial charge in [-0.15, -0.1) is 0 Å². The van der Waals surface area contributed by atoms with Gasteiger partial charge in [0.15, 0.2) is 6.17 Å². The van der Waals surface area contributed by atoms with Crippen LogP contribution in [-0.2, 0) is 9.53 Å². The molecule has 0 radical (unpaired) electrons. The van der Waals surface area contributed by atoms with Crippen LogP contribution in [0.2, 0.25) is 0 Å². The maximum absolute atomic E-state index is 13.7. The molecule has 4 saturated carbocycles. The fourth-order valence-electron chi connectivity index (χ4n) is 5.92. The van der Waals surface area contributed by atoms with Crippen LogP contribution >= 0.6 is 0 Å². The van der Waals surface area contributed by atoms with E-state index in [1.807, 2.05) is 4.90 Å². The lowest BCUT2D eigenvalue weighted by Gasteiger charge is -2.60. The molecule has 142 valence electrons. The lowest BCUT2D eigenvalue weighted by atomic mass is 9.52. The summed E-state index contributed by atoms with van der Waals surface area (Å²) < 4.78 is 18.4. The lowest BCUT2D eigenvalue weighted by Crippen LogP contribution is -2.62. The van der Waals surface area contributed by atoms with E-state index in [2.05, 4.69) is 4.74 Å². The Kier molecular flexibility index (Phi) is 5.54. The van der Waals surface area contributed by atoms with E-state index in [0.29, 0.717) is 19.4 Å². The van der Waals surface area contributed by atoms with E-state index in [1.54, 1.807) is 6.92 Å². The molecule has 4 aliphatic carbocycles. The minimum absolute atomic E-state index is 0.0587. The van der Waals surface area contributed by atoms with Gasteiger partial charge < -0.3 is 15.4 Å². The van der Waals surface area contributed by atoms with E-state index < -0.39 is 12.1 Å². The quantitative estimate of drug-likeness (QED) is 0.536. The molecule has 0 aromatic rings. The van der Waals surface area contributed by atoms with Gasteiger partial charge in [-0.3, -0.25) is 0 Å². The van der Waals surface area contributed by atoms with Crippen LogP contribution in [-0.4, -0.2) is 41.8 Å². The first-order chi connectivity index (χ1) is 11.9. The molecule has 4 aliphatic rings. The summed E-state index contributed by atoms with van der Waals surface area (Å²) in [4.78, 5) is 25.3. The van der Waals surface area contributed by atoms with Crippen LogP contribution in [0, 0.1) is 17.8 Å². The fourth-order valence-corrected chi connectivity index (χ4v) is 5.92. The van der Waals surface area contributed by atoms with Gasteiger partial charge in [0.25, 0.3) is 0 Å². The van der Waals surface area contributed by atoms with Crippen LogP contribution in [0.5, 0.6) is 0 Å². The van der Waals surface area contributed by atoms with Gasteiger partial charge in [0.1, 0.15) is 0 Å². The summed E-state index contributed by atoms with van der Waals surface area (Å²) in [6.07, 6.45) is 6.98. The van der Waals surface area contributed by atoms with E-state index >= 15 is 0 Å². The second-order valence-corrected chi connectivity index (χ2v) is 8.35. The SMILES string of the molecule is CCOC(=O)C(F)CCCCN(C(N)=O)C12CC3CC(CC(C3)C1)C2. The third-order valence-electron chi connectivity index (χ3n) is 6.48. The maximum Gasteiger partial charge on any atom is 0.340 e. The van der Waals surface area contributed by atoms with Gasteiger partial charge in [0.2, 0.25) is 0 Å². The van der Waals surface area contributed by atoms with Crippen LogP contribution in [0.4, 0.5) is 9.18 Å². The minimum atomic E-state index is -1.57. The highest BCUT2D eigenvalue weighted by atomic mass is 19.1. The number of nitrogens with zero attached hydrogens (tertiary/aromatic N) is 1. The number of alkyl halides is 1. The number of unbranched alkanes of at least 4 members (excludes halogenated alkanes) is 1. The first-order valence-electron chi connectivity index (χ1n) is 9.81. The van der Waals surface area contributed by atoms with Crippen LogP contribution in [0.15, 0.2) is 0 Å². The number of carbonyl (C=O) groups is 2. The van der Waals surface area contributed by atoms with Gasteiger partial charge in [-0.25, -0.2) is 14.0 Å². The number of hydrogen-bond donors (Lipinski definition) is 1. The number of rotatable bonds is 8. The molecule has 0 aromatic heterocycles. The summed E-state index contributed by atoms with van der Waals surface area (Å²) in [7, 11) is 0. The molecule has 4 fully saturated rings. The molecule has 0 spiro atoms. The molecule has 1 unspecified atom stereocenters. The van der Waals surface area contributed by atoms with Crippen molar-refractivity contribution >= 4 is 12.0 Å². The number of amides is 2. The number of carbonyl (C=O) groups excluding carboxylic acids is 2. The highest BCUT2D eigenvalue weighted by Crippen LogP contribution is 2.57. The van der Waals surface area contributed by atoms with Crippen LogP contribution in [0.3, 0.4) is 0 Å². The molecule has 2 amide bonds. The van der Waals surface area contributed by atoms with Gasteiger partial charge in [-0.1, -0.05) is 0 Å². The van der Waals surface area contributed by atoms with Crippen LogP contribution < -0.4 is 5.73 Å². The standard InChI is InChI=1S/C19H31FN2O3/c1-2-25-17(23)16(20)5-3-4-6-22(18(21)24)19-10-13-7-14(11-19)9-15(8-13)12-19/h13-16H,2-12H2,1H3,(H2,21,24). The molecule has 0 aliphatic heterocycles. The number of urea groups is 1. The first-order valence-corrected chi connectivity index (χ1v) is 9.81. The number of nitrogens with two attached hydrogens (primary N) is 1. The predicted molar refractivity (Wildman–Crippen MR) is 92.6 cm³/mol. The van der Waals surface area contributed by atoms with Crippen molar-refractivity contribution in [1.29, 1.82) is 0 Å². The van der Waals surface area contributed by atoms with Gasteiger partial charge in [-0.05, 0) is 82.5 Å². The fraction of sp³-hybridized carbons (Fsp3) is 0.895. The van der Waals surface area contributed by atoms with Crippen molar-refractivity contribution in [2.45, 2.75) is 76.4 Å². The lowest BCUT2D eigenvalue weighted by molar-refractivity contribution is -0.149. The zero-order valence-electron chi connectivity index (χ0n) is 15.2. The Morgan fingerprint density at radius 1 is 1.16 bits per heavy atom. The monoisotopic (exact) mass is 354 g/mol. The average molecular weight is 354 g/mol. The summed E-state index contributed by atoms with van der Waals surface area (Å²) in [5, 5.41) is 0. The molecule has 4 rings (SSSR count). The van der Waals surface area contributed by atoms with Crippen molar-refractivity contribution in [3.63, 3.8) is 0 Å². The Labute approximate surface area is 149 Å². The van der Waals surface area contributed by atoms with Crippen LogP contribution in [0.1, 0.15) is 64.7 Å². The van der Waals surface area contributed by atoms with Gasteiger partial charge >= 0.3 is 12.0 Å². The van der Waals surface area contributed by atoms with Crippen molar-refractivity contribution in [2.24, 2.45) is 23.5 Å². The first kappa shape index (κ1) is 18.5.